The Morgan fingerprint density at radius 1 is 1.25 bits per heavy atom. The summed E-state index contributed by atoms with van der Waals surface area (Å²) >= 11 is 0. The Morgan fingerprint density at radius 2 is 2.04 bits per heavy atom. The molecule has 0 saturated heterocycles. The molecule has 1 N–H and O–H groups in total. The molecule has 24 heavy (non-hydrogen) atoms. The summed E-state index contributed by atoms with van der Waals surface area (Å²) in [6.07, 6.45) is 5.06. The number of nitrogens with zero attached hydrogens (tertiary/aromatic N) is 3. The highest BCUT2D eigenvalue weighted by atomic mass is 16.5. The van der Waals surface area contributed by atoms with Crippen molar-refractivity contribution in [1.82, 2.24) is 14.9 Å². The van der Waals surface area contributed by atoms with Crippen LogP contribution in [0.5, 0.6) is 0 Å². The Hall–Kier alpha value is -3.15. The third-order valence-electron chi connectivity index (χ3n) is 3.62. The summed E-state index contributed by atoms with van der Waals surface area (Å²) in [5.74, 6) is 1.06. The van der Waals surface area contributed by atoms with Crippen LogP contribution in [-0.4, -0.2) is 20.8 Å². The third-order valence-corrected chi connectivity index (χ3v) is 3.62. The van der Waals surface area contributed by atoms with Gasteiger partial charge < -0.3 is 9.84 Å². The van der Waals surface area contributed by atoms with Gasteiger partial charge in [0.15, 0.2) is 5.82 Å². The molecular weight excluding hydrogens is 304 g/mol. The zero-order valence-corrected chi connectivity index (χ0v) is 13.6. The van der Waals surface area contributed by atoms with Crippen LogP contribution in [0.25, 0.3) is 6.08 Å². The van der Waals surface area contributed by atoms with Gasteiger partial charge in [0.2, 0.25) is 5.91 Å². The molecule has 1 aromatic carbocycles. The lowest BCUT2D eigenvalue weighted by molar-refractivity contribution is -0.111. The van der Waals surface area contributed by atoms with E-state index in [1.807, 2.05) is 50.4 Å². The molecule has 3 aromatic rings. The number of nitrogens with one attached hydrogen (secondary N) is 1. The fourth-order valence-electron chi connectivity index (χ4n) is 2.31. The van der Waals surface area contributed by atoms with E-state index in [-0.39, 0.29) is 5.91 Å². The van der Waals surface area contributed by atoms with Crippen LogP contribution in [-0.2, 0) is 11.3 Å². The van der Waals surface area contributed by atoms with Crippen molar-refractivity contribution in [3.05, 3.63) is 71.3 Å². The summed E-state index contributed by atoms with van der Waals surface area (Å²) < 4.78 is 6.88. The van der Waals surface area contributed by atoms with Crippen molar-refractivity contribution in [1.29, 1.82) is 0 Å². The zero-order valence-electron chi connectivity index (χ0n) is 13.6. The predicted octanol–water partition coefficient (Wildman–Crippen LogP) is 3.19. The van der Waals surface area contributed by atoms with Gasteiger partial charge in [-0.2, -0.15) is 5.10 Å². The lowest BCUT2D eigenvalue weighted by atomic mass is 10.2. The van der Waals surface area contributed by atoms with E-state index in [0.717, 1.165) is 22.6 Å². The smallest absolute Gasteiger partial charge is 0.249 e. The van der Waals surface area contributed by atoms with Crippen molar-refractivity contribution in [3.63, 3.8) is 0 Å². The van der Waals surface area contributed by atoms with Crippen molar-refractivity contribution >= 4 is 17.8 Å². The molecule has 6 heteroatoms. The first kappa shape index (κ1) is 15.7. The van der Waals surface area contributed by atoms with Crippen LogP contribution >= 0.6 is 0 Å². The summed E-state index contributed by atoms with van der Waals surface area (Å²) in [7, 11) is 0. The SMILES string of the molecule is Cc1noc(C)c1Cn1ccc(NC(=O)C=Cc2ccccc2)n1. The standard InChI is InChI=1S/C18H18N4O2/c1-13-16(14(2)24-21-13)12-22-11-10-17(20-22)19-18(23)9-8-15-6-4-3-5-7-15/h3-11H,12H2,1-2H3,(H,19,20,23). The molecule has 0 spiro atoms. The van der Waals surface area contributed by atoms with E-state index in [4.69, 9.17) is 4.52 Å². The summed E-state index contributed by atoms with van der Waals surface area (Å²) in [5, 5.41) is 11.0. The maximum Gasteiger partial charge on any atom is 0.249 e. The lowest BCUT2D eigenvalue weighted by Crippen LogP contribution is -2.09. The first-order valence-electron chi connectivity index (χ1n) is 7.61. The number of anilines is 1. The fourth-order valence-corrected chi connectivity index (χ4v) is 2.31. The largest absolute Gasteiger partial charge is 0.361 e. The summed E-state index contributed by atoms with van der Waals surface area (Å²) in [6, 6.07) is 11.4. The Labute approximate surface area is 139 Å². The number of hydrogen-bond acceptors (Lipinski definition) is 4. The van der Waals surface area contributed by atoms with E-state index in [1.54, 1.807) is 16.8 Å². The molecule has 2 aromatic heterocycles. The average molecular weight is 322 g/mol. The molecule has 0 atom stereocenters. The van der Waals surface area contributed by atoms with Crippen LogP contribution < -0.4 is 5.32 Å². The molecular formula is C18H18N4O2. The van der Waals surface area contributed by atoms with Crippen molar-refractivity contribution in [2.24, 2.45) is 0 Å². The summed E-state index contributed by atoms with van der Waals surface area (Å²) in [6.45, 7) is 4.32. The molecule has 122 valence electrons. The van der Waals surface area contributed by atoms with Gasteiger partial charge >= 0.3 is 0 Å². The van der Waals surface area contributed by atoms with E-state index in [2.05, 4.69) is 15.6 Å². The first-order valence-corrected chi connectivity index (χ1v) is 7.61. The average Bonchev–Trinajstić information content (AvgIpc) is 3.15. The van der Waals surface area contributed by atoms with Gasteiger partial charge in [-0.05, 0) is 25.5 Å². The fraction of sp³-hybridized carbons (Fsp3) is 0.167. The quantitative estimate of drug-likeness (QED) is 0.732. The van der Waals surface area contributed by atoms with Gasteiger partial charge in [-0.1, -0.05) is 35.5 Å². The second-order valence-corrected chi connectivity index (χ2v) is 5.43. The number of aromatic nitrogens is 3. The van der Waals surface area contributed by atoms with Crippen molar-refractivity contribution in [3.8, 4) is 0 Å². The molecule has 0 aliphatic heterocycles. The van der Waals surface area contributed by atoms with Gasteiger partial charge in [-0.3, -0.25) is 9.48 Å². The number of rotatable bonds is 5. The van der Waals surface area contributed by atoms with Gasteiger partial charge in [-0.15, -0.1) is 0 Å². The van der Waals surface area contributed by atoms with Gasteiger partial charge in [-0.25, -0.2) is 0 Å². The number of benzene rings is 1. The van der Waals surface area contributed by atoms with Crippen molar-refractivity contribution in [2.45, 2.75) is 20.4 Å². The molecule has 0 saturated carbocycles. The zero-order chi connectivity index (χ0) is 16.9. The van der Waals surface area contributed by atoms with Gasteiger partial charge in [0.05, 0.1) is 12.2 Å². The predicted molar refractivity (Wildman–Crippen MR) is 91.4 cm³/mol. The monoisotopic (exact) mass is 322 g/mol. The Bertz CT molecular complexity index is 843. The molecule has 0 aliphatic carbocycles. The minimum Gasteiger partial charge on any atom is -0.361 e. The van der Waals surface area contributed by atoms with E-state index < -0.39 is 0 Å². The highest BCUT2D eigenvalue weighted by Crippen LogP contribution is 2.14. The summed E-state index contributed by atoms with van der Waals surface area (Å²) in [4.78, 5) is 11.9. The first-order chi connectivity index (χ1) is 11.6. The molecule has 1 amide bonds. The molecule has 0 aliphatic rings. The van der Waals surface area contributed by atoms with Crippen molar-refractivity contribution < 1.29 is 9.32 Å². The minimum atomic E-state index is -0.221. The van der Waals surface area contributed by atoms with Crippen LogP contribution in [0.15, 0.2) is 53.2 Å². The number of amides is 1. The highest BCUT2D eigenvalue weighted by molar-refractivity contribution is 6.01. The number of carbonyl (C=O) groups is 1. The van der Waals surface area contributed by atoms with Crippen LogP contribution in [0.4, 0.5) is 5.82 Å². The molecule has 2 heterocycles. The summed E-state index contributed by atoms with van der Waals surface area (Å²) in [5.41, 5.74) is 2.82. The highest BCUT2D eigenvalue weighted by Gasteiger charge is 2.10. The molecule has 3 rings (SSSR count). The van der Waals surface area contributed by atoms with Crippen LogP contribution in [0.2, 0.25) is 0 Å². The van der Waals surface area contributed by atoms with Gasteiger partial charge in [0, 0.05) is 23.9 Å². The van der Waals surface area contributed by atoms with Crippen LogP contribution in [0.1, 0.15) is 22.6 Å². The maximum absolute atomic E-state index is 11.9. The van der Waals surface area contributed by atoms with E-state index in [9.17, 15) is 4.79 Å². The van der Waals surface area contributed by atoms with E-state index >= 15 is 0 Å². The van der Waals surface area contributed by atoms with Gasteiger partial charge in [0.1, 0.15) is 5.76 Å². The van der Waals surface area contributed by atoms with Gasteiger partial charge in [0.25, 0.3) is 0 Å². The molecule has 0 bridgehead atoms. The number of hydrogen-bond donors (Lipinski definition) is 1. The molecule has 6 nitrogen and oxygen atoms in total. The van der Waals surface area contributed by atoms with Crippen LogP contribution in [0.3, 0.4) is 0 Å². The maximum atomic E-state index is 11.9. The molecule has 0 unspecified atom stereocenters. The Balaban J connectivity index is 1.62. The van der Waals surface area contributed by atoms with E-state index in [1.165, 1.54) is 6.08 Å². The third kappa shape index (κ3) is 3.78. The van der Waals surface area contributed by atoms with E-state index in [0.29, 0.717) is 12.4 Å². The number of carbonyl (C=O) groups excluding carboxylic acids is 1. The normalized spacial score (nSPS) is 11.1. The Kier molecular flexibility index (Phi) is 4.56. The van der Waals surface area contributed by atoms with Crippen LogP contribution in [0, 0.1) is 13.8 Å². The minimum absolute atomic E-state index is 0.221. The topological polar surface area (TPSA) is 73.0 Å². The second-order valence-electron chi connectivity index (χ2n) is 5.43. The second kappa shape index (κ2) is 6.95. The molecule has 0 radical (unpaired) electrons. The Morgan fingerprint density at radius 3 is 2.75 bits per heavy atom. The lowest BCUT2D eigenvalue weighted by Gasteiger charge is -2.01. The van der Waals surface area contributed by atoms with Crippen molar-refractivity contribution in [2.75, 3.05) is 5.32 Å². The molecule has 0 fully saturated rings. The number of aryl methyl sites for hydroxylation is 2.